The third kappa shape index (κ3) is 3.78. The molecule has 1 unspecified atom stereocenters. The van der Waals surface area contributed by atoms with Gasteiger partial charge in [0.25, 0.3) is 5.91 Å². The first kappa shape index (κ1) is 18.8. The Hall–Kier alpha value is -2.93. The number of ether oxygens (including phenoxy) is 1. The normalized spacial score (nSPS) is 20.5. The second-order valence-corrected chi connectivity index (χ2v) is 6.94. The molecule has 1 aliphatic rings. The predicted molar refractivity (Wildman–Crippen MR) is 97.6 cm³/mol. The highest BCUT2D eigenvalue weighted by atomic mass is 19.1. The molecule has 2 aromatic rings. The molecule has 0 bridgehead atoms. The molecule has 1 fully saturated rings. The Balaban J connectivity index is 1.74. The zero-order valence-corrected chi connectivity index (χ0v) is 15.6. The van der Waals surface area contributed by atoms with Gasteiger partial charge in [-0.05, 0) is 36.8 Å². The quantitative estimate of drug-likeness (QED) is 0.751. The van der Waals surface area contributed by atoms with Gasteiger partial charge in [-0.25, -0.2) is 14.1 Å². The van der Waals surface area contributed by atoms with Crippen molar-refractivity contribution < 1.29 is 23.6 Å². The SMILES string of the molecule is COc1cccc([C@@]2(C)NC(=O)N(C[NH+](C)Cc3ccc(F)cc3)C2=O)c1. The summed E-state index contributed by atoms with van der Waals surface area (Å²) in [6.07, 6.45) is 0. The number of hydrogen-bond donors (Lipinski definition) is 2. The molecule has 3 amide bonds. The van der Waals surface area contributed by atoms with Gasteiger partial charge in [-0.15, -0.1) is 0 Å². The van der Waals surface area contributed by atoms with Crippen molar-refractivity contribution in [1.29, 1.82) is 0 Å². The van der Waals surface area contributed by atoms with Gasteiger partial charge in [-0.1, -0.05) is 24.3 Å². The van der Waals surface area contributed by atoms with E-state index >= 15 is 0 Å². The number of imide groups is 1. The zero-order chi connectivity index (χ0) is 19.6. The van der Waals surface area contributed by atoms with Crippen LogP contribution in [0.4, 0.5) is 9.18 Å². The number of benzene rings is 2. The molecule has 0 aliphatic carbocycles. The van der Waals surface area contributed by atoms with Gasteiger partial charge in [0.15, 0.2) is 6.67 Å². The van der Waals surface area contributed by atoms with Crippen LogP contribution in [0.1, 0.15) is 18.1 Å². The van der Waals surface area contributed by atoms with Crippen molar-refractivity contribution in [1.82, 2.24) is 10.2 Å². The largest absolute Gasteiger partial charge is 0.497 e. The van der Waals surface area contributed by atoms with Crippen LogP contribution in [0.5, 0.6) is 5.75 Å². The first-order valence-electron chi connectivity index (χ1n) is 8.68. The first-order chi connectivity index (χ1) is 12.8. The summed E-state index contributed by atoms with van der Waals surface area (Å²) >= 11 is 0. The number of urea groups is 1. The van der Waals surface area contributed by atoms with Crippen molar-refractivity contribution in [3.05, 3.63) is 65.5 Å². The Morgan fingerprint density at radius 3 is 2.56 bits per heavy atom. The molecule has 0 spiro atoms. The highest BCUT2D eigenvalue weighted by Gasteiger charge is 2.50. The van der Waals surface area contributed by atoms with Crippen LogP contribution < -0.4 is 15.0 Å². The summed E-state index contributed by atoms with van der Waals surface area (Å²) in [5, 5.41) is 2.79. The average Bonchev–Trinajstić information content (AvgIpc) is 2.88. The highest BCUT2D eigenvalue weighted by Crippen LogP contribution is 2.30. The fourth-order valence-corrected chi connectivity index (χ4v) is 3.25. The third-order valence-corrected chi connectivity index (χ3v) is 4.77. The number of quaternary nitrogens is 1. The van der Waals surface area contributed by atoms with Crippen LogP contribution in [0.3, 0.4) is 0 Å². The van der Waals surface area contributed by atoms with Crippen molar-refractivity contribution in [2.75, 3.05) is 20.8 Å². The van der Waals surface area contributed by atoms with Crippen LogP contribution in [0, 0.1) is 5.82 Å². The van der Waals surface area contributed by atoms with E-state index in [4.69, 9.17) is 4.74 Å². The lowest BCUT2D eigenvalue weighted by molar-refractivity contribution is -0.901. The second kappa shape index (κ2) is 7.36. The third-order valence-electron chi connectivity index (χ3n) is 4.77. The first-order valence-corrected chi connectivity index (χ1v) is 8.68. The van der Waals surface area contributed by atoms with Crippen molar-refractivity contribution >= 4 is 11.9 Å². The maximum Gasteiger partial charge on any atom is 0.329 e. The fraction of sp³-hybridized carbons (Fsp3) is 0.300. The minimum atomic E-state index is -1.14. The smallest absolute Gasteiger partial charge is 0.329 e. The topological polar surface area (TPSA) is 63.1 Å². The van der Waals surface area contributed by atoms with E-state index < -0.39 is 11.6 Å². The Bertz CT molecular complexity index is 856. The minimum Gasteiger partial charge on any atom is -0.497 e. The van der Waals surface area contributed by atoms with Crippen molar-refractivity contribution in [3.63, 3.8) is 0 Å². The summed E-state index contributed by atoms with van der Waals surface area (Å²) in [6.45, 7) is 2.46. The van der Waals surface area contributed by atoms with Gasteiger partial charge < -0.3 is 15.0 Å². The number of amides is 3. The summed E-state index contributed by atoms with van der Waals surface area (Å²) in [5.41, 5.74) is 0.456. The van der Waals surface area contributed by atoms with Crippen molar-refractivity contribution in [2.45, 2.75) is 19.0 Å². The molecule has 0 radical (unpaired) electrons. The fourth-order valence-electron chi connectivity index (χ4n) is 3.25. The van der Waals surface area contributed by atoms with E-state index in [0.717, 1.165) is 10.5 Å². The van der Waals surface area contributed by atoms with Crippen LogP contribution in [-0.4, -0.2) is 37.7 Å². The number of methoxy groups -OCH3 is 1. The summed E-state index contributed by atoms with van der Waals surface area (Å²) in [6, 6.07) is 12.9. The van der Waals surface area contributed by atoms with Gasteiger partial charge >= 0.3 is 6.03 Å². The van der Waals surface area contributed by atoms with E-state index in [1.54, 1.807) is 50.4 Å². The van der Waals surface area contributed by atoms with Gasteiger partial charge in [0.2, 0.25) is 0 Å². The number of nitrogens with zero attached hydrogens (tertiary/aromatic N) is 1. The van der Waals surface area contributed by atoms with Crippen LogP contribution >= 0.6 is 0 Å². The van der Waals surface area contributed by atoms with E-state index in [1.807, 2.05) is 7.05 Å². The molecule has 0 saturated carbocycles. The Morgan fingerprint density at radius 1 is 1.19 bits per heavy atom. The van der Waals surface area contributed by atoms with Crippen LogP contribution in [0.15, 0.2) is 48.5 Å². The maximum absolute atomic E-state index is 13.0. The van der Waals surface area contributed by atoms with Gasteiger partial charge in [-0.2, -0.15) is 0 Å². The van der Waals surface area contributed by atoms with Crippen molar-refractivity contribution in [2.24, 2.45) is 0 Å². The Morgan fingerprint density at radius 2 is 1.89 bits per heavy atom. The average molecular weight is 372 g/mol. The van der Waals surface area contributed by atoms with Crippen molar-refractivity contribution in [3.8, 4) is 5.75 Å². The van der Waals surface area contributed by atoms with Gasteiger partial charge in [-0.3, -0.25) is 4.79 Å². The molecule has 142 valence electrons. The van der Waals surface area contributed by atoms with E-state index in [0.29, 0.717) is 17.9 Å². The Kier molecular flexibility index (Phi) is 5.14. The molecular formula is C20H23FN3O3+. The summed E-state index contributed by atoms with van der Waals surface area (Å²) < 4.78 is 18.3. The van der Waals surface area contributed by atoms with Gasteiger partial charge in [0.1, 0.15) is 23.7 Å². The van der Waals surface area contributed by atoms with E-state index in [1.165, 1.54) is 17.0 Å². The number of nitrogens with one attached hydrogen (secondary N) is 2. The maximum atomic E-state index is 13.0. The van der Waals surface area contributed by atoms with Crippen LogP contribution in [-0.2, 0) is 16.9 Å². The molecule has 1 heterocycles. The number of rotatable bonds is 6. The lowest BCUT2D eigenvalue weighted by atomic mass is 9.92. The summed E-state index contributed by atoms with van der Waals surface area (Å²) in [4.78, 5) is 27.6. The summed E-state index contributed by atoms with van der Waals surface area (Å²) in [7, 11) is 3.43. The molecule has 6 nitrogen and oxygen atoms in total. The molecule has 1 saturated heterocycles. The molecule has 2 N–H and O–H groups in total. The molecule has 0 aromatic heterocycles. The van der Waals surface area contributed by atoms with E-state index in [9.17, 15) is 14.0 Å². The lowest BCUT2D eigenvalue weighted by Gasteiger charge is -2.23. The number of carbonyl (C=O) groups excluding carboxylic acids is 2. The molecule has 3 rings (SSSR count). The molecule has 7 heteroatoms. The molecular weight excluding hydrogens is 349 g/mol. The zero-order valence-electron chi connectivity index (χ0n) is 15.6. The van der Waals surface area contributed by atoms with Gasteiger partial charge in [0.05, 0.1) is 14.2 Å². The number of carbonyl (C=O) groups is 2. The molecule has 2 aromatic carbocycles. The summed E-state index contributed by atoms with van der Waals surface area (Å²) in [5.74, 6) is 0.0204. The van der Waals surface area contributed by atoms with E-state index in [2.05, 4.69) is 5.32 Å². The molecule has 1 aliphatic heterocycles. The highest BCUT2D eigenvalue weighted by molar-refractivity contribution is 6.07. The van der Waals surface area contributed by atoms with Gasteiger partial charge in [0, 0.05) is 5.56 Å². The minimum absolute atomic E-state index is 0.210. The standard InChI is InChI=1S/C20H22FN3O3/c1-20(15-5-4-6-17(11-15)27-3)18(25)24(19(26)22-20)13-23(2)12-14-7-9-16(21)10-8-14/h4-11H,12-13H2,1-3H3,(H,22,26)/p+1/t20-/m1/s1. The molecule has 27 heavy (non-hydrogen) atoms. The predicted octanol–water partition coefficient (Wildman–Crippen LogP) is 1.27. The molecule has 2 atom stereocenters. The monoisotopic (exact) mass is 372 g/mol. The number of halogens is 1. The second-order valence-electron chi connectivity index (χ2n) is 6.94. The Labute approximate surface area is 157 Å². The number of hydrogen-bond acceptors (Lipinski definition) is 3. The van der Waals surface area contributed by atoms with Crippen LogP contribution in [0.2, 0.25) is 0 Å². The van der Waals surface area contributed by atoms with E-state index in [-0.39, 0.29) is 18.4 Å². The van der Waals surface area contributed by atoms with Crippen LogP contribution in [0.25, 0.3) is 0 Å². The lowest BCUT2D eigenvalue weighted by Crippen LogP contribution is -3.09.